The molecule has 0 bridgehead atoms. The molecular formula is C24H20FN3O2. The summed E-state index contributed by atoms with van der Waals surface area (Å²) in [6, 6.07) is 21.2. The van der Waals surface area contributed by atoms with Gasteiger partial charge in [-0.1, -0.05) is 42.0 Å². The molecule has 0 aliphatic heterocycles. The quantitative estimate of drug-likeness (QED) is 0.497. The average molecular weight is 401 g/mol. The molecule has 0 saturated heterocycles. The number of ether oxygens (including phenoxy) is 1. The van der Waals surface area contributed by atoms with Crippen molar-refractivity contribution < 1.29 is 13.9 Å². The van der Waals surface area contributed by atoms with Gasteiger partial charge in [-0.05, 0) is 43.3 Å². The van der Waals surface area contributed by atoms with E-state index >= 15 is 0 Å². The lowest BCUT2D eigenvalue weighted by atomic mass is 10.1. The lowest BCUT2D eigenvalue weighted by molar-refractivity contribution is 0.102. The molecule has 0 radical (unpaired) electrons. The second kappa shape index (κ2) is 8.21. The van der Waals surface area contributed by atoms with Crippen LogP contribution in [-0.2, 0) is 0 Å². The number of hydrogen-bond donors (Lipinski definition) is 1. The highest BCUT2D eigenvalue weighted by Crippen LogP contribution is 2.28. The number of para-hydroxylation sites is 1. The van der Waals surface area contributed by atoms with Crippen LogP contribution in [0.5, 0.6) is 5.75 Å². The molecule has 1 amide bonds. The van der Waals surface area contributed by atoms with Gasteiger partial charge in [0.25, 0.3) is 5.91 Å². The summed E-state index contributed by atoms with van der Waals surface area (Å²) in [6.07, 6.45) is 1.65. The summed E-state index contributed by atoms with van der Waals surface area (Å²) in [6.45, 7) is 2.00. The Morgan fingerprint density at radius 2 is 1.80 bits per heavy atom. The maximum atomic E-state index is 14.0. The summed E-state index contributed by atoms with van der Waals surface area (Å²) in [5.41, 5.74) is 3.57. The van der Waals surface area contributed by atoms with Crippen molar-refractivity contribution in [3.63, 3.8) is 0 Å². The zero-order valence-electron chi connectivity index (χ0n) is 16.6. The molecule has 0 unspecified atom stereocenters. The minimum absolute atomic E-state index is 0.113. The summed E-state index contributed by atoms with van der Waals surface area (Å²) in [4.78, 5) is 13.1. The van der Waals surface area contributed by atoms with Crippen LogP contribution >= 0.6 is 0 Å². The fraction of sp³-hybridized carbons (Fsp3) is 0.0833. The summed E-state index contributed by atoms with van der Waals surface area (Å²) >= 11 is 0. The number of nitrogens with zero attached hydrogens (tertiary/aromatic N) is 2. The van der Waals surface area contributed by atoms with E-state index in [0.717, 1.165) is 16.8 Å². The van der Waals surface area contributed by atoms with Gasteiger partial charge in [-0.2, -0.15) is 5.10 Å². The van der Waals surface area contributed by atoms with Crippen molar-refractivity contribution in [1.29, 1.82) is 0 Å². The molecule has 0 aliphatic rings. The monoisotopic (exact) mass is 401 g/mol. The number of hydrogen-bond acceptors (Lipinski definition) is 3. The Kier molecular flexibility index (Phi) is 5.30. The highest BCUT2D eigenvalue weighted by molar-refractivity contribution is 6.08. The summed E-state index contributed by atoms with van der Waals surface area (Å²) in [5, 5.41) is 7.29. The first-order valence-corrected chi connectivity index (χ1v) is 9.42. The van der Waals surface area contributed by atoms with Crippen LogP contribution in [0, 0.1) is 12.7 Å². The van der Waals surface area contributed by atoms with Crippen LogP contribution in [0.4, 0.5) is 10.1 Å². The van der Waals surface area contributed by atoms with E-state index in [9.17, 15) is 9.18 Å². The molecule has 0 fully saturated rings. The van der Waals surface area contributed by atoms with Crippen molar-refractivity contribution in [3.05, 3.63) is 95.9 Å². The molecule has 150 valence electrons. The van der Waals surface area contributed by atoms with Crippen LogP contribution in [-0.4, -0.2) is 22.8 Å². The van der Waals surface area contributed by atoms with Gasteiger partial charge in [0.2, 0.25) is 0 Å². The van der Waals surface area contributed by atoms with E-state index in [2.05, 4.69) is 10.4 Å². The van der Waals surface area contributed by atoms with Crippen molar-refractivity contribution in [2.45, 2.75) is 6.92 Å². The Hall–Kier alpha value is -3.93. The first kappa shape index (κ1) is 19.4. The van der Waals surface area contributed by atoms with Crippen molar-refractivity contribution in [3.8, 4) is 22.7 Å². The van der Waals surface area contributed by atoms with E-state index in [-0.39, 0.29) is 5.69 Å². The number of aryl methyl sites for hydroxylation is 1. The first-order chi connectivity index (χ1) is 14.5. The third-order valence-electron chi connectivity index (χ3n) is 4.72. The Morgan fingerprint density at radius 1 is 1.03 bits per heavy atom. The van der Waals surface area contributed by atoms with Crippen molar-refractivity contribution in [2.24, 2.45) is 0 Å². The number of carbonyl (C=O) groups excluding carboxylic acids is 1. The molecule has 3 aromatic carbocycles. The number of anilines is 1. The Bertz CT molecular complexity index is 1200. The number of carbonyl (C=O) groups is 1. The minimum Gasteiger partial charge on any atom is -0.497 e. The maximum Gasteiger partial charge on any atom is 0.259 e. The fourth-order valence-corrected chi connectivity index (χ4v) is 3.11. The van der Waals surface area contributed by atoms with Gasteiger partial charge in [-0.3, -0.25) is 4.79 Å². The number of aromatic nitrogens is 2. The van der Waals surface area contributed by atoms with Crippen molar-refractivity contribution in [1.82, 2.24) is 9.78 Å². The molecule has 4 aromatic rings. The van der Waals surface area contributed by atoms with Gasteiger partial charge in [-0.25, -0.2) is 9.07 Å². The standard InChI is InChI=1S/C24H20FN3O2/c1-16-10-12-18(13-11-16)28-15-20(24(29)26-22-9-4-3-8-21(22)25)23(27-28)17-6-5-7-19(14-17)30-2/h3-15H,1-2H3,(H,26,29). The van der Waals surface area contributed by atoms with Gasteiger partial charge >= 0.3 is 0 Å². The van der Waals surface area contributed by atoms with Gasteiger partial charge in [0.1, 0.15) is 17.3 Å². The van der Waals surface area contributed by atoms with Gasteiger partial charge in [-0.15, -0.1) is 0 Å². The first-order valence-electron chi connectivity index (χ1n) is 9.42. The molecule has 1 heterocycles. The van der Waals surface area contributed by atoms with Gasteiger partial charge < -0.3 is 10.1 Å². The zero-order chi connectivity index (χ0) is 21.1. The highest BCUT2D eigenvalue weighted by atomic mass is 19.1. The van der Waals surface area contributed by atoms with E-state index in [1.807, 2.05) is 55.5 Å². The molecule has 1 aromatic heterocycles. The van der Waals surface area contributed by atoms with Gasteiger partial charge in [0.15, 0.2) is 0 Å². The van der Waals surface area contributed by atoms with E-state index in [1.165, 1.54) is 12.1 Å². The lowest BCUT2D eigenvalue weighted by Crippen LogP contribution is -2.13. The summed E-state index contributed by atoms with van der Waals surface area (Å²) in [7, 11) is 1.58. The molecule has 4 rings (SSSR count). The summed E-state index contributed by atoms with van der Waals surface area (Å²) in [5.74, 6) is -0.297. The highest BCUT2D eigenvalue weighted by Gasteiger charge is 2.20. The van der Waals surface area contributed by atoms with Crippen molar-refractivity contribution in [2.75, 3.05) is 12.4 Å². The normalized spacial score (nSPS) is 10.6. The van der Waals surface area contributed by atoms with Crippen LogP contribution in [0.25, 0.3) is 16.9 Å². The number of rotatable bonds is 5. The predicted octanol–water partition coefficient (Wildman–Crippen LogP) is 5.25. The van der Waals surface area contributed by atoms with Gasteiger partial charge in [0.05, 0.1) is 24.0 Å². The zero-order valence-corrected chi connectivity index (χ0v) is 16.6. The predicted molar refractivity (Wildman–Crippen MR) is 115 cm³/mol. The van der Waals surface area contributed by atoms with Crippen LogP contribution in [0.3, 0.4) is 0 Å². The molecule has 0 spiro atoms. The Balaban J connectivity index is 1.79. The van der Waals surface area contributed by atoms with Crippen molar-refractivity contribution >= 4 is 11.6 Å². The molecule has 6 heteroatoms. The number of benzene rings is 3. The van der Waals surface area contributed by atoms with Crippen LogP contribution in [0.15, 0.2) is 79.0 Å². The number of amides is 1. The largest absolute Gasteiger partial charge is 0.497 e. The average Bonchev–Trinajstić information content (AvgIpc) is 3.21. The van der Waals surface area contributed by atoms with E-state index < -0.39 is 11.7 Å². The SMILES string of the molecule is COc1cccc(-c2nn(-c3ccc(C)cc3)cc2C(=O)Nc2ccccc2F)c1. The maximum absolute atomic E-state index is 14.0. The second-order valence-corrected chi connectivity index (χ2v) is 6.84. The second-order valence-electron chi connectivity index (χ2n) is 6.84. The van der Waals surface area contributed by atoms with E-state index in [1.54, 1.807) is 30.1 Å². The Morgan fingerprint density at radius 3 is 2.53 bits per heavy atom. The van der Waals surface area contributed by atoms with Gasteiger partial charge in [0, 0.05) is 11.8 Å². The smallest absolute Gasteiger partial charge is 0.259 e. The summed E-state index contributed by atoms with van der Waals surface area (Å²) < 4.78 is 21.0. The van der Waals surface area contributed by atoms with Crippen LogP contribution in [0.2, 0.25) is 0 Å². The van der Waals surface area contributed by atoms with Crippen LogP contribution in [0.1, 0.15) is 15.9 Å². The lowest BCUT2D eigenvalue weighted by Gasteiger charge is -2.07. The molecule has 0 atom stereocenters. The molecule has 0 aliphatic carbocycles. The topological polar surface area (TPSA) is 56.2 Å². The Labute approximate surface area is 173 Å². The van der Waals surface area contributed by atoms with Crippen LogP contribution < -0.4 is 10.1 Å². The molecule has 5 nitrogen and oxygen atoms in total. The fourth-order valence-electron chi connectivity index (χ4n) is 3.11. The molecule has 0 saturated carbocycles. The molecule has 30 heavy (non-hydrogen) atoms. The molecule has 1 N–H and O–H groups in total. The third-order valence-corrected chi connectivity index (χ3v) is 4.72. The minimum atomic E-state index is -0.500. The molecular weight excluding hydrogens is 381 g/mol. The number of methoxy groups -OCH3 is 1. The number of halogens is 1. The number of nitrogens with one attached hydrogen (secondary N) is 1. The van der Waals surface area contributed by atoms with E-state index in [0.29, 0.717) is 17.0 Å². The third kappa shape index (κ3) is 3.93. The van der Waals surface area contributed by atoms with E-state index in [4.69, 9.17) is 4.74 Å².